The minimum atomic E-state index is 0.736. The molecule has 1 saturated carbocycles. The van der Waals surface area contributed by atoms with Crippen LogP contribution in [0.2, 0.25) is 0 Å². The van der Waals surface area contributed by atoms with E-state index in [-0.39, 0.29) is 0 Å². The van der Waals surface area contributed by atoms with E-state index >= 15 is 0 Å². The number of rotatable bonds is 3. The molecule has 1 heterocycles. The molecule has 1 aromatic rings. The van der Waals surface area contributed by atoms with E-state index in [4.69, 9.17) is 0 Å². The molecule has 84 valence electrons. The van der Waals surface area contributed by atoms with Gasteiger partial charge in [0.2, 0.25) is 0 Å². The standard InChI is InChI=1S/C12H18BrNS/c1-9-4-2-3-5-11(9)14-8-10-6-7-12(13)15-10/h6-7,9,11,14H,2-5,8H2,1H3/t9-,11+/m0/s1. The third-order valence-electron chi connectivity index (χ3n) is 3.28. The molecule has 0 unspecified atom stereocenters. The lowest BCUT2D eigenvalue weighted by atomic mass is 9.86. The summed E-state index contributed by atoms with van der Waals surface area (Å²) in [6, 6.07) is 5.07. The van der Waals surface area contributed by atoms with Crippen molar-refractivity contribution in [3.63, 3.8) is 0 Å². The third kappa shape index (κ3) is 3.30. The summed E-state index contributed by atoms with van der Waals surface area (Å²) in [6.07, 6.45) is 5.57. The van der Waals surface area contributed by atoms with Crippen molar-refractivity contribution in [2.75, 3.05) is 0 Å². The Balaban J connectivity index is 1.81. The Labute approximate surface area is 104 Å². The first-order valence-electron chi connectivity index (χ1n) is 5.73. The second kappa shape index (κ2) is 5.46. The molecule has 0 radical (unpaired) electrons. The largest absolute Gasteiger partial charge is 0.309 e. The lowest BCUT2D eigenvalue weighted by Gasteiger charge is -2.29. The monoisotopic (exact) mass is 287 g/mol. The maximum absolute atomic E-state index is 3.69. The fourth-order valence-corrected chi connectivity index (χ4v) is 3.73. The number of halogens is 1. The highest BCUT2D eigenvalue weighted by atomic mass is 79.9. The molecule has 0 aliphatic heterocycles. The highest BCUT2D eigenvalue weighted by molar-refractivity contribution is 9.11. The molecule has 1 N–H and O–H groups in total. The average Bonchev–Trinajstić information content (AvgIpc) is 2.63. The summed E-state index contributed by atoms with van der Waals surface area (Å²) in [5, 5.41) is 3.69. The second-order valence-electron chi connectivity index (χ2n) is 4.45. The topological polar surface area (TPSA) is 12.0 Å². The van der Waals surface area contributed by atoms with Crippen LogP contribution >= 0.6 is 27.3 Å². The molecule has 1 aromatic heterocycles. The summed E-state index contributed by atoms with van der Waals surface area (Å²) in [5.41, 5.74) is 0. The van der Waals surface area contributed by atoms with Gasteiger partial charge in [0, 0.05) is 17.5 Å². The van der Waals surface area contributed by atoms with Crippen molar-refractivity contribution in [1.82, 2.24) is 5.32 Å². The maximum Gasteiger partial charge on any atom is 0.0701 e. The first-order chi connectivity index (χ1) is 7.25. The lowest BCUT2D eigenvalue weighted by Crippen LogP contribution is -2.36. The molecule has 0 aromatic carbocycles. The van der Waals surface area contributed by atoms with Crippen LogP contribution in [0.5, 0.6) is 0 Å². The fraction of sp³-hybridized carbons (Fsp3) is 0.667. The van der Waals surface area contributed by atoms with Gasteiger partial charge in [-0.3, -0.25) is 0 Å². The number of nitrogens with one attached hydrogen (secondary N) is 1. The summed E-state index contributed by atoms with van der Waals surface area (Å²) >= 11 is 5.33. The van der Waals surface area contributed by atoms with Gasteiger partial charge in [-0.2, -0.15) is 0 Å². The van der Waals surface area contributed by atoms with Crippen molar-refractivity contribution in [3.05, 3.63) is 20.8 Å². The molecule has 0 bridgehead atoms. The van der Waals surface area contributed by atoms with Crippen LogP contribution in [0.3, 0.4) is 0 Å². The van der Waals surface area contributed by atoms with Crippen LogP contribution in [-0.4, -0.2) is 6.04 Å². The Hall–Kier alpha value is 0.140. The van der Waals surface area contributed by atoms with Gasteiger partial charge >= 0.3 is 0 Å². The van der Waals surface area contributed by atoms with Crippen molar-refractivity contribution in [2.24, 2.45) is 5.92 Å². The van der Waals surface area contributed by atoms with Crippen molar-refractivity contribution >= 4 is 27.3 Å². The van der Waals surface area contributed by atoms with Crippen LogP contribution in [0.1, 0.15) is 37.5 Å². The van der Waals surface area contributed by atoms with E-state index in [9.17, 15) is 0 Å². The summed E-state index contributed by atoms with van der Waals surface area (Å²) in [6.45, 7) is 3.41. The first-order valence-corrected chi connectivity index (χ1v) is 7.34. The fourth-order valence-electron chi connectivity index (χ4n) is 2.30. The van der Waals surface area contributed by atoms with Crippen molar-refractivity contribution in [1.29, 1.82) is 0 Å². The Morgan fingerprint density at radius 1 is 1.40 bits per heavy atom. The molecule has 2 rings (SSSR count). The van der Waals surface area contributed by atoms with Crippen LogP contribution in [0.25, 0.3) is 0 Å². The Morgan fingerprint density at radius 3 is 2.87 bits per heavy atom. The van der Waals surface area contributed by atoms with E-state index in [2.05, 4.69) is 40.3 Å². The lowest BCUT2D eigenvalue weighted by molar-refractivity contribution is 0.280. The van der Waals surface area contributed by atoms with Gasteiger partial charge in [-0.1, -0.05) is 19.8 Å². The highest BCUT2D eigenvalue weighted by Crippen LogP contribution is 2.25. The number of hydrogen-bond donors (Lipinski definition) is 1. The van der Waals surface area contributed by atoms with Gasteiger partial charge in [0.25, 0.3) is 0 Å². The Kier molecular flexibility index (Phi) is 4.23. The van der Waals surface area contributed by atoms with Crippen molar-refractivity contribution in [2.45, 2.75) is 45.2 Å². The van der Waals surface area contributed by atoms with Crippen LogP contribution < -0.4 is 5.32 Å². The molecule has 15 heavy (non-hydrogen) atoms. The van der Waals surface area contributed by atoms with E-state index in [0.717, 1.165) is 18.5 Å². The van der Waals surface area contributed by atoms with Gasteiger partial charge in [0.1, 0.15) is 0 Å². The smallest absolute Gasteiger partial charge is 0.0701 e. The van der Waals surface area contributed by atoms with E-state index in [1.54, 1.807) is 0 Å². The maximum atomic E-state index is 3.69. The normalized spacial score (nSPS) is 26.8. The predicted octanol–water partition coefficient (Wildman–Crippen LogP) is 4.18. The zero-order valence-corrected chi connectivity index (χ0v) is 11.5. The van der Waals surface area contributed by atoms with Gasteiger partial charge < -0.3 is 5.32 Å². The van der Waals surface area contributed by atoms with Gasteiger partial charge in [-0.05, 0) is 46.8 Å². The quantitative estimate of drug-likeness (QED) is 0.880. The predicted molar refractivity (Wildman–Crippen MR) is 70.3 cm³/mol. The number of thiophene rings is 1. The van der Waals surface area contributed by atoms with Gasteiger partial charge in [0.15, 0.2) is 0 Å². The molecule has 0 saturated heterocycles. The minimum absolute atomic E-state index is 0.736. The molecule has 0 spiro atoms. The average molecular weight is 288 g/mol. The molecule has 1 nitrogen and oxygen atoms in total. The molecule has 1 aliphatic carbocycles. The number of hydrogen-bond acceptors (Lipinski definition) is 2. The zero-order valence-electron chi connectivity index (χ0n) is 9.13. The van der Waals surface area contributed by atoms with Crippen molar-refractivity contribution < 1.29 is 0 Å². The Morgan fingerprint density at radius 2 is 2.20 bits per heavy atom. The van der Waals surface area contributed by atoms with Gasteiger partial charge in [-0.25, -0.2) is 0 Å². The molecule has 0 amide bonds. The van der Waals surface area contributed by atoms with Crippen LogP contribution in [-0.2, 0) is 6.54 Å². The van der Waals surface area contributed by atoms with Gasteiger partial charge in [-0.15, -0.1) is 11.3 Å². The zero-order chi connectivity index (χ0) is 10.7. The highest BCUT2D eigenvalue weighted by Gasteiger charge is 2.20. The van der Waals surface area contributed by atoms with Crippen molar-refractivity contribution in [3.8, 4) is 0 Å². The van der Waals surface area contributed by atoms with Crippen LogP contribution in [0.4, 0.5) is 0 Å². The second-order valence-corrected chi connectivity index (χ2v) is 7.00. The summed E-state index contributed by atoms with van der Waals surface area (Å²) in [7, 11) is 0. The van der Waals surface area contributed by atoms with Crippen LogP contribution in [0.15, 0.2) is 15.9 Å². The molecule has 3 heteroatoms. The molecule has 2 atom stereocenters. The van der Waals surface area contributed by atoms with E-state index in [1.807, 2.05) is 11.3 Å². The summed E-state index contributed by atoms with van der Waals surface area (Å²) in [4.78, 5) is 1.43. The SMILES string of the molecule is C[C@H]1CCCC[C@H]1NCc1ccc(Br)s1. The molecular formula is C12H18BrNS. The third-order valence-corrected chi connectivity index (χ3v) is 4.90. The summed E-state index contributed by atoms with van der Waals surface area (Å²) in [5.74, 6) is 0.849. The molecular weight excluding hydrogens is 270 g/mol. The molecule has 1 fully saturated rings. The van der Waals surface area contributed by atoms with Crippen LogP contribution in [0, 0.1) is 5.92 Å². The first kappa shape index (κ1) is 11.6. The Bertz CT molecular complexity index is 310. The van der Waals surface area contributed by atoms with E-state index in [1.165, 1.54) is 34.3 Å². The minimum Gasteiger partial charge on any atom is -0.309 e. The van der Waals surface area contributed by atoms with E-state index in [0.29, 0.717) is 0 Å². The molecule has 1 aliphatic rings. The van der Waals surface area contributed by atoms with E-state index < -0.39 is 0 Å². The summed E-state index contributed by atoms with van der Waals surface area (Å²) < 4.78 is 1.23. The van der Waals surface area contributed by atoms with Gasteiger partial charge in [0.05, 0.1) is 3.79 Å².